The molecule has 4 N–H and O–H groups in total. The molecule has 2 heterocycles. The molecule has 0 aliphatic carbocycles. The maximum absolute atomic E-state index is 12.0. The number of aromatic amines is 1. The number of amides is 2. The number of thiazole rings is 1. The van der Waals surface area contributed by atoms with E-state index in [-0.39, 0.29) is 23.8 Å². The van der Waals surface area contributed by atoms with Crippen molar-refractivity contribution >= 4 is 29.0 Å². The van der Waals surface area contributed by atoms with Crippen LogP contribution in [-0.2, 0) is 11.2 Å². The number of rotatable bonds is 5. The predicted molar refractivity (Wildman–Crippen MR) is 91.7 cm³/mol. The Hall–Kier alpha value is -3.00. The summed E-state index contributed by atoms with van der Waals surface area (Å²) in [6.07, 6.45) is 0.204. The topological polar surface area (TPSA) is 114 Å². The van der Waals surface area contributed by atoms with Crippen LogP contribution in [0.25, 0.3) is 11.3 Å². The number of carbonyl (C=O) groups is 2. The number of H-pyrrole nitrogens is 1. The fraction of sp³-hybridized carbons (Fsp3) is 0.125. The van der Waals surface area contributed by atoms with E-state index in [4.69, 9.17) is 5.73 Å². The van der Waals surface area contributed by atoms with Gasteiger partial charge in [0.15, 0.2) is 5.82 Å². The minimum absolute atomic E-state index is 0.146. The van der Waals surface area contributed by atoms with Gasteiger partial charge in [-0.15, -0.1) is 11.3 Å². The Morgan fingerprint density at radius 3 is 2.62 bits per heavy atom. The Morgan fingerprint density at radius 2 is 2.04 bits per heavy atom. The molecule has 0 saturated carbocycles. The number of anilines is 1. The van der Waals surface area contributed by atoms with Gasteiger partial charge >= 0.3 is 0 Å². The summed E-state index contributed by atoms with van der Waals surface area (Å²) in [5.74, 6) is -0.589. The maximum atomic E-state index is 12.0. The lowest BCUT2D eigenvalue weighted by Gasteiger charge is -2.03. The number of hydrogen-bond acceptors (Lipinski definition) is 5. The van der Waals surface area contributed by atoms with E-state index in [0.29, 0.717) is 0 Å². The molecule has 2 aromatic heterocycles. The normalized spacial score (nSPS) is 10.5. The van der Waals surface area contributed by atoms with Crippen LogP contribution in [0, 0.1) is 6.92 Å². The van der Waals surface area contributed by atoms with E-state index in [2.05, 4.69) is 20.5 Å². The van der Waals surface area contributed by atoms with E-state index in [9.17, 15) is 9.59 Å². The van der Waals surface area contributed by atoms with E-state index in [1.165, 1.54) is 6.07 Å². The number of nitrogens with one attached hydrogen (secondary N) is 2. The summed E-state index contributed by atoms with van der Waals surface area (Å²) in [6.45, 7) is 1.96. The minimum Gasteiger partial charge on any atom is -0.364 e. The van der Waals surface area contributed by atoms with E-state index in [1.807, 2.05) is 36.6 Å². The van der Waals surface area contributed by atoms with Crippen LogP contribution in [0.4, 0.5) is 5.82 Å². The van der Waals surface area contributed by atoms with E-state index >= 15 is 0 Å². The van der Waals surface area contributed by atoms with Gasteiger partial charge in [0.1, 0.15) is 5.69 Å². The molecule has 8 heteroatoms. The first-order valence-corrected chi connectivity index (χ1v) is 8.06. The molecule has 0 bridgehead atoms. The lowest BCUT2D eigenvalue weighted by molar-refractivity contribution is -0.115. The van der Waals surface area contributed by atoms with Crippen LogP contribution in [0.1, 0.15) is 21.1 Å². The van der Waals surface area contributed by atoms with Gasteiger partial charge < -0.3 is 11.1 Å². The Labute approximate surface area is 141 Å². The van der Waals surface area contributed by atoms with Crippen LogP contribution in [0.2, 0.25) is 0 Å². The average Bonchev–Trinajstić information content (AvgIpc) is 3.17. The second-order valence-corrected chi connectivity index (χ2v) is 6.27. The molecule has 0 atom stereocenters. The molecule has 3 aromatic rings. The standard InChI is InChI=1S/C16H15N5O2S/c1-9-18-13(8-24-9)11-4-2-10(3-5-11)6-15(22)19-14-7-12(16(17)23)20-21-14/h2-5,7-8H,6H2,1H3,(H2,17,23)(H2,19,20,21,22). The number of aromatic nitrogens is 3. The number of hydrogen-bond donors (Lipinski definition) is 3. The summed E-state index contributed by atoms with van der Waals surface area (Å²) >= 11 is 1.60. The smallest absolute Gasteiger partial charge is 0.266 e. The molecule has 0 aliphatic rings. The Balaban J connectivity index is 1.62. The number of carbonyl (C=O) groups excluding carboxylic acids is 2. The number of nitrogens with two attached hydrogens (primary N) is 1. The molecular weight excluding hydrogens is 326 g/mol. The van der Waals surface area contributed by atoms with Crippen molar-refractivity contribution in [3.8, 4) is 11.3 Å². The summed E-state index contributed by atoms with van der Waals surface area (Å²) in [4.78, 5) is 27.4. The van der Waals surface area contributed by atoms with Gasteiger partial charge in [-0.1, -0.05) is 24.3 Å². The van der Waals surface area contributed by atoms with Crippen molar-refractivity contribution in [3.05, 3.63) is 52.0 Å². The zero-order chi connectivity index (χ0) is 17.1. The van der Waals surface area contributed by atoms with Crippen molar-refractivity contribution in [2.45, 2.75) is 13.3 Å². The zero-order valence-electron chi connectivity index (χ0n) is 12.9. The van der Waals surface area contributed by atoms with Gasteiger partial charge in [-0.05, 0) is 12.5 Å². The predicted octanol–water partition coefficient (Wildman–Crippen LogP) is 2.12. The number of primary amides is 1. The highest BCUT2D eigenvalue weighted by molar-refractivity contribution is 7.09. The first kappa shape index (κ1) is 15.9. The highest BCUT2D eigenvalue weighted by atomic mass is 32.1. The van der Waals surface area contributed by atoms with Gasteiger partial charge in [0.25, 0.3) is 5.91 Å². The number of aryl methyl sites for hydroxylation is 1. The van der Waals surface area contributed by atoms with Crippen LogP contribution in [0.15, 0.2) is 35.7 Å². The average molecular weight is 341 g/mol. The first-order valence-electron chi connectivity index (χ1n) is 7.18. The fourth-order valence-electron chi connectivity index (χ4n) is 2.17. The second kappa shape index (κ2) is 6.63. The highest BCUT2D eigenvalue weighted by Gasteiger charge is 2.10. The lowest BCUT2D eigenvalue weighted by Crippen LogP contribution is -2.14. The van der Waals surface area contributed by atoms with Gasteiger partial charge in [0.2, 0.25) is 5.91 Å². The van der Waals surface area contributed by atoms with Crippen molar-refractivity contribution < 1.29 is 9.59 Å². The quantitative estimate of drug-likeness (QED) is 0.659. The molecule has 0 saturated heterocycles. The molecule has 122 valence electrons. The number of nitrogens with zero attached hydrogens (tertiary/aromatic N) is 2. The van der Waals surface area contributed by atoms with E-state index < -0.39 is 5.91 Å². The molecule has 0 spiro atoms. The first-order chi connectivity index (χ1) is 11.5. The molecule has 3 rings (SSSR count). The molecule has 2 amide bonds. The SMILES string of the molecule is Cc1nc(-c2ccc(CC(=O)Nc3cc(C(N)=O)[nH]n3)cc2)cs1. The van der Waals surface area contributed by atoms with Crippen molar-refractivity contribution in [2.75, 3.05) is 5.32 Å². The zero-order valence-corrected chi connectivity index (χ0v) is 13.7. The largest absolute Gasteiger partial charge is 0.364 e. The highest BCUT2D eigenvalue weighted by Crippen LogP contribution is 2.22. The molecule has 7 nitrogen and oxygen atoms in total. The van der Waals surface area contributed by atoms with Crippen LogP contribution in [-0.4, -0.2) is 27.0 Å². The summed E-state index contributed by atoms with van der Waals surface area (Å²) in [5, 5.41) is 11.9. The molecule has 24 heavy (non-hydrogen) atoms. The van der Waals surface area contributed by atoms with E-state index in [1.54, 1.807) is 11.3 Å². The fourth-order valence-corrected chi connectivity index (χ4v) is 2.80. The number of benzene rings is 1. The molecule has 1 aromatic carbocycles. The van der Waals surface area contributed by atoms with Crippen LogP contribution in [0.5, 0.6) is 0 Å². The van der Waals surface area contributed by atoms with Gasteiger partial charge in [0, 0.05) is 17.0 Å². The van der Waals surface area contributed by atoms with Crippen molar-refractivity contribution in [1.82, 2.24) is 15.2 Å². The third kappa shape index (κ3) is 3.66. The van der Waals surface area contributed by atoms with Gasteiger partial charge in [0.05, 0.1) is 17.1 Å². The van der Waals surface area contributed by atoms with Crippen molar-refractivity contribution in [3.63, 3.8) is 0 Å². The van der Waals surface area contributed by atoms with Gasteiger partial charge in [-0.3, -0.25) is 14.7 Å². The lowest BCUT2D eigenvalue weighted by atomic mass is 10.1. The Kier molecular flexibility index (Phi) is 4.39. The van der Waals surface area contributed by atoms with Crippen LogP contribution in [0.3, 0.4) is 0 Å². The molecule has 0 unspecified atom stereocenters. The monoisotopic (exact) mass is 341 g/mol. The molecule has 0 fully saturated rings. The van der Waals surface area contributed by atoms with Crippen LogP contribution < -0.4 is 11.1 Å². The summed E-state index contributed by atoms with van der Waals surface area (Å²) in [5.41, 5.74) is 8.08. The van der Waals surface area contributed by atoms with Crippen LogP contribution >= 0.6 is 11.3 Å². The summed E-state index contributed by atoms with van der Waals surface area (Å²) < 4.78 is 0. The second-order valence-electron chi connectivity index (χ2n) is 5.20. The van der Waals surface area contributed by atoms with Crippen molar-refractivity contribution in [1.29, 1.82) is 0 Å². The third-order valence-electron chi connectivity index (χ3n) is 3.34. The minimum atomic E-state index is -0.629. The van der Waals surface area contributed by atoms with E-state index in [0.717, 1.165) is 21.8 Å². The Bertz CT molecular complexity index is 882. The van der Waals surface area contributed by atoms with Gasteiger partial charge in [-0.25, -0.2) is 4.98 Å². The van der Waals surface area contributed by atoms with Crippen molar-refractivity contribution in [2.24, 2.45) is 5.73 Å². The maximum Gasteiger partial charge on any atom is 0.266 e. The Morgan fingerprint density at radius 1 is 1.29 bits per heavy atom. The van der Waals surface area contributed by atoms with Gasteiger partial charge in [-0.2, -0.15) is 5.10 Å². The summed E-state index contributed by atoms with van der Waals surface area (Å²) in [7, 11) is 0. The molecule has 0 radical (unpaired) electrons. The summed E-state index contributed by atoms with van der Waals surface area (Å²) in [6, 6.07) is 9.06. The molecular formula is C16H15N5O2S. The molecule has 0 aliphatic heterocycles. The third-order valence-corrected chi connectivity index (χ3v) is 4.12.